The zero-order chi connectivity index (χ0) is 46.9. The van der Waals surface area contributed by atoms with Gasteiger partial charge in [0.1, 0.15) is 17.5 Å². The minimum atomic E-state index is -4.72. The lowest BCUT2D eigenvalue weighted by atomic mass is 9.71. The highest BCUT2D eigenvalue weighted by molar-refractivity contribution is 6.10. The van der Waals surface area contributed by atoms with Crippen LogP contribution in [-0.2, 0) is 58.8 Å². The van der Waals surface area contributed by atoms with Crippen molar-refractivity contribution < 1.29 is 59.3 Å². The summed E-state index contributed by atoms with van der Waals surface area (Å²) in [5.41, 5.74) is -8.26. The zero-order valence-corrected chi connectivity index (χ0v) is 34.4. The van der Waals surface area contributed by atoms with Crippen molar-refractivity contribution in [3.05, 3.63) is 189 Å². The Morgan fingerprint density at radius 2 is 0.969 bits per heavy atom. The van der Waals surface area contributed by atoms with Crippen molar-refractivity contribution >= 4 is 23.2 Å². The number of nitrogens with zero attached hydrogens (tertiary/aromatic N) is 4. The summed E-state index contributed by atoms with van der Waals surface area (Å²) in [6.45, 7) is 0.421. The highest BCUT2D eigenvalue weighted by Crippen LogP contribution is 2.46. The van der Waals surface area contributed by atoms with Crippen molar-refractivity contribution in [2.45, 2.75) is 62.6 Å². The smallest absolute Gasteiger partial charge is 0.372 e. The molecule has 0 unspecified atom stereocenters. The standard InChI is InChI=1S/C48H39F9N4O4/c1-29-25-40(19-20-42(29)51)60(23-21-38-16-10-34(27-58-38)47(52,53)54)43(62)45(64,32-6-12-36(49)13-7-32)46(65,33-8-14-37(50)15-9-33)44(63)61(41-18-5-30-3-2-4-31(30)26-41)24-22-39-17-11-35(28-59-39)48(55,56)57/h5-20,25-28,64-65H,2-4,21-24H2,1H3/t45-,46-/m1/s1. The molecule has 0 bridgehead atoms. The first-order valence-corrected chi connectivity index (χ1v) is 20.2. The number of aliphatic hydroxyl groups is 2. The van der Waals surface area contributed by atoms with E-state index in [9.17, 15) is 49.7 Å². The van der Waals surface area contributed by atoms with Gasteiger partial charge < -0.3 is 20.0 Å². The Balaban J connectivity index is 1.41. The quantitative estimate of drug-likeness (QED) is 0.112. The average molecular weight is 907 g/mol. The van der Waals surface area contributed by atoms with E-state index in [4.69, 9.17) is 0 Å². The molecule has 1 aliphatic rings. The van der Waals surface area contributed by atoms with Gasteiger partial charge in [0.2, 0.25) is 11.2 Å². The molecule has 338 valence electrons. The summed E-state index contributed by atoms with van der Waals surface area (Å²) in [6, 6.07) is 19.2. The maximum Gasteiger partial charge on any atom is 0.417 e. The molecule has 0 fully saturated rings. The van der Waals surface area contributed by atoms with Crippen LogP contribution in [0.1, 0.15) is 56.8 Å². The molecule has 2 atom stereocenters. The Hall–Kier alpha value is -6.59. The topological polar surface area (TPSA) is 107 Å². The lowest BCUT2D eigenvalue weighted by molar-refractivity contribution is -0.188. The fourth-order valence-corrected chi connectivity index (χ4v) is 7.90. The van der Waals surface area contributed by atoms with Gasteiger partial charge in [-0.15, -0.1) is 0 Å². The first-order valence-electron chi connectivity index (χ1n) is 20.2. The predicted octanol–water partition coefficient (Wildman–Crippen LogP) is 9.36. The number of halogens is 9. The van der Waals surface area contributed by atoms with Gasteiger partial charge in [0.05, 0.1) is 11.1 Å². The number of anilines is 2. The highest BCUT2D eigenvalue weighted by atomic mass is 19.4. The maximum atomic E-state index is 15.8. The van der Waals surface area contributed by atoms with Crippen molar-refractivity contribution in [1.82, 2.24) is 9.97 Å². The number of carbonyl (C=O) groups excluding carboxylic acids is 2. The number of hydrogen-bond acceptors (Lipinski definition) is 6. The summed E-state index contributed by atoms with van der Waals surface area (Å²) in [7, 11) is 0. The third-order valence-corrected chi connectivity index (χ3v) is 11.5. The fourth-order valence-electron chi connectivity index (χ4n) is 7.90. The van der Waals surface area contributed by atoms with Crippen LogP contribution in [0.25, 0.3) is 0 Å². The summed E-state index contributed by atoms with van der Waals surface area (Å²) in [5.74, 6) is -5.28. The van der Waals surface area contributed by atoms with Crippen LogP contribution in [0.5, 0.6) is 0 Å². The van der Waals surface area contributed by atoms with Gasteiger partial charge in [-0.2, -0.15) is 26.3 Å². The second-order valence-corrected chi connectivity index (χ2v) is 15.7. The highest BCUT2D eigenvalue weighted by Gasteiger charge is 2.64. The summed E-state index contributed by atoms with van der Waals surface area (Å²) in [4.78, 5) is 41.1. The lowest BCUT2D eigenvalue weighted by Gasteiger charge is -2.46. The zero-order valence-electron chi connectivity index (χ0n) is 34.4. The van der Waals surface area contributed by atoms with Gasteiger partial charge in [0.15, 0.2) is 0 Å². The molecule has 7 rings (SSSR count). The molecular formula is C48H39F9N4O4. The Bertz CT molecular complexity index is 2680. The van der Waals surface area contributed by atoms with Crippen molar-refractivity contribution in [1.29, 1.82) is 0 Å². The van der Waals surface area contributed by atoms with Crippen LogP contribution in [0, 0.1) is 24.4 Å². The van der Waals surface area contributed by atoms with E-state index in [0.717, 1.165) is 119 Å². The van der Waals surface area contributed by atoms with Crippen molar-refractivity contribution in [3.8, 4) is 0 Å². The molecule has 2 N–H and O–H groups in total. The van der Waals surface area contributed by atoms with E-state index in [1.807, 2.05) is 0 Å². The number of fused-ring (bicyclic) bond motifs is 1. The SMILES string of the molecule is Cc1cc(N(CCc2ccc(C(F)(F)F)cn2)C(=O)[C@](O)(c2ccc(F)cc2)[C@](O)(C(=O)N(CCc2ccc(C(F)(F)F)cn2)c2ccc3c(c2)CCC3)c2ccc(F)cc2)ccc1F. The van der Waals surface area contributed by atoms with E-state index in [2.05, 4.69) is 9.97 Å². The normalized spacial score (nSPS) is 14.6. The molecule has 17 heteroatoms. The molecule has 0 radical (unpaired) electrons. The molecule has 6 aromatic rings. The molecule has 2 heterocycles. The Labute approximate surface area is 366 Å². The molecule has 8 nitrogen and oxygen atoms in total. The van der Waals surface area contributed by atoms with Gasteiger partial charge in [-0.05, 0) is 133 Å². The Morgan fingerprint density at radius 3 is 1.38 bits per heavy atom. The van der Waals surface area contributed by atoms with Crippen LogP contribution >= 0.6 is 0 Å². The maximum absolute atomic E-state index is 15.8. The number of aromatic nitrogens is 2. The summed E-state index contributed by atoms with van der Waals surface area (Å²) in [6.07, 6.45) is -6.65. The number of aryl methyl sites for hydroxylation is 3. The molecule has 0 aliphatic heterocycles. The third-order valence-electron chi connectivity index (χ3n) is 11.5. The summed E-state index contributed by atoms with van der Waals surface area (Å²) >= 11 is 0. The Kier molecular flexibility index (Phi) is 12.9. The molecule has 0 saturated carbocycles. The fraction of sp³-hybridized carbons (Fsp3) is 0.250. The molecule has 4 aromatic carbocycles. The molecule has 65 heavy (non-hydrogen) atoms. The van der Waals surface area contributed by atoms with Crippen LogP contribution in [0.2, 0.25) is 0 Å². The van der Waals surface area contributed by atoms with Gasteiger partial charge in [-0.3, -0.25) is 19.6 Å². The van der Waals surface area contributed by atoms with Crippen molar-refractivity contribution in [3.63, 3.8) is 0 Å². The molecule has 0 spiro atoms. The number of carbonyl (C=O) groups is 2. The Morgan fingerprint density at radius 1 is 0.554 bits per heavy atom. The number of amides is 2. The molecule has 0 saturated heterocycles. The molecule has 2 aromatic heterocycles. The second-order valence-electron chi connectivity index (χ2n) is 15.7. The van der Waals surface area contributed by atoms with Gasteiger partial charge in [0, 0.05) is 61.1 Å². The minimum Gasteiger partial charge on any atom is -0.372 e. The molecule has 1 aliphatic carbocycles. The van der Waals surface area contributed by atoms with Crippen molar-refractivity contribution in [2.75, 3.05) is 22.9 Å². The van der Waals surface area contributed by atoms with Gasteiger partial charge >= 0.3 is 12.4 Å². The molecule has 2 amide bonds. The number of rotatable bonds is 13. The van der Waals surface area contributed by atoms with E-state index in [1.54, 1.807) is 18.2 Å². The van der Waals surface area contributed by atoms with E-state index >= 15 is 9.59 Å². The number of hydrogen-bond donors (Lipinski definition) is 2. The first-order chi connectivity index (χ1) is 30.7. The van der Waals surface area contributed by atoms with Gasteiger partial charge in [-0.1, -0.05) is 30.3 Å². The van der Waals surface area contributed by atoms with Crippen LogP contribution < -0.4 is 9.80 Å². The summed E-state index contributed by atoms with van der Waals surface area (Å²) in [5, 5.41) is 26.9. The summed E-state index contributed by atoms with van der Waals surface area (Å²) < 4.78 is 125. The predicted molar refractivity (Wildman–Crippen MR) is 221 cm³/mol. The second kappa shape index (κ2) is 18.1. The molecular weight excluding hydrogens is 868 g/mol. The van der Waals surface area contributed by atoms with E-state index < -0.39 is 88.2 Å². The van der Waals surface area contributed by atoms with E-state index in [-0.39, 0.29) is 41.2 Å². The van der Waals surface area contributed by atoms with Gasteiger partial charge in [0.25, 0.3) is 11.8 Å². The van der Waals surface area contributed by atoms with E-state index in [1.165, 1.54) is 13.0 Å². The van der Waals surface area contributed by atoms with Crippen LogP contribution in [0.15, 0.2) is 122 Å². The first kappa shape index (κ1) is 46.4. The third kappa shape index (κ3) is 9.47. The average Bonchev–Trinajstić information content (AvgIpc) is 3.75. The lowest BCUT2D eigenvalue weighted by Crippen LogP contribution is -2.66. The van der Waals surface area contributed by atoms with Crippen molar-refractivity contribution in [2.24, 2.45) is 0 Å². The van der Waals surface area contributed by atoms with Gasteiger partial charge in [-0.25, -0.2) is 13.2 Å². The number of pyridine rings is 2. The van der Waals surface area contributed by atoms with Crippen LogP contribution in [-0.4, -0.2) is 45.1 Å². The van der Waals surface area contributed by atoms with Crippen LogP contribution in [0.3, 0.4) is 0 Å². The van der Waals surface area contributed by atoms with E-state index in [0.29, 0.717) is 18.8 Å². The minimum absolute atomic E-state index is 0.00260. The number of benzene rings is 4. The largest absolute Gasteiger partial charge is 0.417 e. The van der Waals surface area contributed by atoms with Crippen LogP contribution in [0.4, 0.5) is 50.9 Å². The monoisotopic (exact) mass is 906 g/mol. The number of alkyl halides is 6.